The molecule has 1 unspecified atom stereocenters. The molecule has 0 aliphatic carbocycles. The van der Waals surface area contributed by atoms with Gasteiger partial charge >= 0.3 is 5.97 Å². The third-order valence-electron chi connectivity index (χ3n) is 5.44. The molecule has 0 aliphatic heterocycles. The smallest absolute Gasteiger partial charge is 0.311 e. The van der Waals surface area contributed by atoms with E-state index in [0.29, 0.717) is 22.6 Å². The summed E-state index contributed by atoms with van der Waals surface area (Å²) in [6, 6.07) is 23.4. The highest BCUT2D eigenvalue weighted by molar-refractivity contribution is 6.05. The summed E-state index contributed by atoms with van der Waals surface area (Å²) in [6.07, 6.45) is 1.83. The first-order valence-electron chi connectivity index (χ1n) is 10.4. The molecule has 0 saturated carbocycles. The molecule has 0 saturated heterocycles. The van der Waals surface area contributed by atoms with Crippen molar-refractivity contribution in [1.82, 2.24) is 10.4 Å². The molecule has 1 heterocycles. The van der Waals surface area contributed by atoms with E-state index in [9.17, 15) is 14.7 Å². The summed E-state index contributed by atoms with van der Waals surface area (Å²) < 4.78 is 5.12. The van der Waals surface area contributed by atoms with Crippen molar-refractivity contribution in [3.05, 3.63) is 102 Å². The van der Waals surface area contributed by atoms with Crippen molar-refractivity contribution in [2.45, 2.75) is 12.3 Å². The van der Waals surface area contributed by atoms with Gasteiger partial charge in [-0.3, -0.25) is 9.59 Å². The molecule has 7 nitrogen and oxygen atoms in total. The third kappa shape index (κ3) is 4.93. The number of carboxylic acids is 1. The Labute approximate surface area is 190 Å². The molecule has 1 atom stereocenters. The fraction of sp³-hybridized carbons (Fsp3) is 0.115. The van der Waals surface area contributed by atoms with Crippen LogP contribution >= 0.6 is 0 Å². The Hall–Kier alpha value is -4.39. The van der Waals surface area contributed by atoms with Crippen LogP contribution in [-0.2, 0) is 4.79 Å². The van der Waals surface area contributed by atoms with Crippen LogP contribution in [0.25, 0.3) is 10.9 Å². The number of ether oxygens (including phenoxy) is 1. The Morgan fingerprint density at radius 1 is 0.970 bits per heavy atom. The average molecular weight is 441 g/mol. The van der Waals surface area contributed by atoms with Crippen molar-refractivity contribution in [2.75, 3.05) is 7.11 Å². The molecule has 3 N–H and O–H groups in total. The van der Waals surface area contributed by atoms with E-state index in [1.807, 2.05) is 54.6 Å². The zero-order valence-corrected chi connectivity index (χ0v) is 18.0. The zero-order chi connectivity index (χ0) is 23.2. The fourth-order valence-corrected chi connectivity index (χ4v) is 3.69. The molecule has 33 heavy (non-hydrogen) atoms. The highest BCUT2D eigenvalue weighted by Gasteiger charge is 2.26. The van der Waals surface area contributed by atoms with Gasteiger partial charge in [-0.15, -0.1) is 0 Å². The SMILES string of the molecule is COc1ccc(C(=O)NN=C(CC(C(=O)O)c2c[nH]c3ccccc23)c2ccccc2)cc1. The number of fused-ring (bicyclic) bond motifs is 1. The summed E-state index contributed by atoms with van der Waals surface area (Å²) in [5.74, 6) is -1.57. The molecule has 0 radical (unpaired) electrons. The number of aliphatic carboxylic acids is 1. The molecule has 166 valence electrons. The maximum atomic E-state index is 12.6. The number of hydrogen-bond donors (Lipinski definition) is 3. The van der Waals surface area contributed by atoms with Gasteiger partial charge in [-0.1, -0.05) is 48.5 Å². The largest absolute Gasteiger partial charge is 0.497 e. The van der Waals surface area contributed by atoms with Gasteiger partial charge in [0.15, 0.2) is 0 Å². The Morgan fingerprint density at radius 3 is 2.36 bits per heavy atom. The number of H-pyrrole nitrogens is 1. The van der Waals surface area contributed by atoms with Gasteiger partial charge in [0.2, 0.25) is 0 Å². The van der Waals surface area contributed by atoms with Crippen molar-refractivity contribution in [3.8, 4) is 5.75 Å². The Balaban J connectivity index is 1.64. The predicted octanol–water partition coefficient (Wildman–Crippen LogP) is 4.57. The van der Waals surface area contributed by atoms with Crippen molar-refractivity contribution in [2.24, 2.45) is 5.10 Å². The Bertz CT molecular complexity index is 1290. The predicted molar refractivity (Wildman–Crippen MR) is 127 cm³/mol. The number of carbonyl (C=O) groups is 2. The van der Waals surface area contributed by atoms with Gasteiger partial charge in [-0.05, 0) is 41.5 Å². The monoisotopic (exact) mass is 441 g/mol. The fourth-order valence-electron chi connectivity index (χ4n) is 3.69. The molecule has 4 aromatic rings. The summed E-state index contributed by atoms with van der Waals surface area (Å²) in [5.41, 5.74) is 5.72. The molecule has 0 spiro atoms. The lowest BCUT2D eigenvalue weighted by molar-refractivity contribution is -0.138. The highest BCUT2D eigenvalue weighted by Crippen LogP contribution is 2.29. The lowest BCUT2D eigenvalue weighted by Crippen LogP contribution is -2.23. The van der Waals surface area contributed by atoms with Gasteiger partial charge in [0.05, 0.1) is 18.7 Å². The van der Waals surface area contributed by atoms with Gasteiger partial charge in [0.25, 0.3) is 5.91 Å². The van der Waals surface area contributed by atoms with Crippen LogP contribution in [-0.4, -0.2) is 34.8 Å². The molecular weight excluding hydrogens is 418 g/mol. The minimum Gasteiger partial charge on any atom is -0.497 e. The quantitative estimate of drug-likeness (QED) is 0.275. The highest BCUT2D eigenvalue weighted by atomic mass is 16.5. The molecule has 4 rings (SSSR count). The first kappa shape index (κ1) is 21.8. The van der Waals surface area contributed by atoms with Gasteiger partial charge in [0, 0.05) is 29.1 Å². The lowest BCUT2D eigenvalue weighted by Gasteiger charge is -2.14. The van der Waals surface area contributed by atoms with Crippen LogP contribution in [0.15, 0.2) is 90.2 Å². The number of aromatic amines is 1. The van der Waals surface area contributed by atoms with E-state index in [-0.39, 0.29) is 6.42 Å². The van der Waals surface area contributed by atoms with E-state index < -0.39 is 17.8 Å². The standard InChI is InChI=1S/C26H23N3O4/c1-33-19-13-11-18(12-14-19)25(30)29-28-24(17-7-3-2-4-8-17)15-21(26(31)32)22-16-27-23-10-6-5-9-20(22)23/h2-14,16,21,27H,15H2,1H3,(H,29,30)(H,31,32). The number of benzene rings is 3. The first-order chi connectivity index (χ1) is 16.1. The number of aromatic nitrogens is 1. The van der Waals surface area contributed by atoms with Crippen LogP contribution < -0.4 is 10.2 Å². The minimum absolute atomic E-state index is 0.101. The van der Waals surface area contributed by atoms with Gasteiger partial charge in [0.1, 0.15) is 5.75 Å². The van der Waals surface area contributed by atoms with Crippen LogP contribution in [0.3, 0.4) is 0 Å². The maximum Gasteiger partial charge on any atom is 0.311 e. The van der Waals surface area contributed by atoms with Crippen LogP contribution in [0.5, 0.6) is 5.75 Å². The Kier molecular flexibility index (Phi) is 6.50. The summed E-state index contributed by atoms with van der Waals surface area (Å²) in [4.78, 5) is 28.0. The van der Waals surface area contributed by atoms with E-state index in [1.54, 1.807) is 37.6 Å². The molecule has 0 aliphatic rings. The topological polar surface area (TPSA) is 104 Å². The van der Waals surface area contributed by atoms with E-state index in [2.05, 4.69) is 15.5 Å². The lowest BCUT2D eigenvalue weighted by atomic mass is 9.91. The van der Waals surface area contributed by atoms with E-state index in [0.717, 1.165) is 16.5 Å². The third-order valence-corrected chi connectivity index (χ3v) is 5.44. The number of carbonyl (C=O) groups excluding carboxylic acids is 1. The average Bonchev–Trinajstić information content (AvgIpc) is 3.28. The minimum atomic E-state index is -0.968. The summed E-state index contributed by atoms with van der Waals surface area (Å²) in [5, 5.41) is 15.2. The first-order valence-corrected chi connectivity index (χ1v) is 10.4. The second-order valence-electron chi connectivity index (χ2n) is 7.48. The second-order valence-corrected chi connectivity index (χ2v) is 7.48. The van der Waals surface area contributed by atoms with Crippen LogP contribution in [0.1, 0.15) is 33.8 Å². The molecule has 7 heteroatoms. The van der Waals surface area contributed by atoms with Crippen molar-refractivity contribution in [3.63, 3.8) is 0 Å². The Morgan fingerprint density at radius 2 is 1.67 bits per heavy atom. The van der Waals surface area contributed by atoms with Crippen molar-refractivity contribution in [1.29, 1.82) is 0 Å². The molecule has 0 bridgehead atoms. The van der Waals surface area contributed by atoms with E-state index in [1.165, 1.54) is 0 Å². The van der Waals surface area contributed by atoms with E-state index >= 15 is 0 Å². The molecular formula is C26H23N3O4. The van der Waals surface area contributed by atoms with Gasteiger partial charge in [-0.2, -0.15) is 5.10 Å². The molecule has 1 amide bonds. The second kappa shape index (κ2) is 9.82. The number of methoxy groups -OCH3 is 1. The maximum absolute atomic E-state index is 12.6. The number of nitrogens with zero attached hydrogens (tertiary/aromatic N) is 1. The summed E-state index contributed by atoms with van der Waals surface area (Å²) in [7, 11) is 1.55. The number of carboxylic acid groups (broad SMARTS) is 1. The van der Waals surface area contributed by atoms with Crippen LogP contribution in [0.2, 0.25) is 0 Å². The zero-order valence-electron chi connectivity index (χ0n) is 18.0. The molecule has 1 aromatic heterocycles. The van der Waals surface area contributed by atoms with Gasteiger partial charge < -0.3 is 14.8 Å². The van der Waals surface area contributed by atoms with Crippen LogP contribution in [0, 0.1) is 0 Å². The molecule has 0 fully saturated rings. The van der Waals surface area contributed by atoms with E-state index in [4.69, 9.17) is 4.74 Å². The number of para-hydroxylation sites is 1. The van der Waals surface area contributed by atoms with Crippen molar-refractivity contribution < 1.29 is 19.4 Å². The number of hydrogen-bond acceptors (Lipinski definition) is 4. The van der Waals surface area contributed by atoms with Gasteiger partial charge in [-0.25, -0.2) is 5.43 Å². The normalized spacial score (nSPS) is 12.3. The van der Waals surface area contributed by atoms with Crippen LogP contribution in [0.4, 0.5) is 0 Å². The number of hydrazone groups is 1. The van der Waals surface area contributed by atoms with Crippen molar-refractivity contribution >= 4 is 28.5 Å². The number of rotatable bonds is 8. The number of amides is 1. The molecule has 3 aromatic carbocycles. The summed E-state index contributed by atoms with van der Waals surface area (Å²) in [6.45, 7) is 0. The summed E-state index contributed by atoms with van der Waals surface area (Å²) >= 11 is 0. The number of nitrogens with one attached hydrogen (secondary N) is 2.